The molecule has 3 aromatic rings. The molecule has 3 N–H and O–H groups in total. The molecule has 1 fully saturated rings. The van der Waals surface area contributed by atoms with Gasteiger partial charge in [0.1, 0.15) is 12.4 Å². The number of hydrogen-bond acceptors (Lipinski definition) is 8. The number of halogens is 2. The second kappa shape index (κ2) is 12.4. The summed E-state index contributed by atoms with van der Waals surface area (Å²) in [5, 5.41) is 18.0. The maximum atomic E-state index is 15.4. The average molecular weight is 608 g/mol. The molecule has 2 aromatic heterocycles. The normalized spacial score (nSPS) is 14.9. The van der Waals surface area contributed by atoms with E-state index in [0.29, 0.717) is 48.6 Å². The molecule has 0 aliphatic carbocycles. The molecule has 11 nitrogen and oxygen atoms in total. The smallest absolute Gasteiger partial charge is 0.307 e. The van der Waals surface area contributed by atoms with E-state index in [0.717, 1.165) is 0 Å². The average Bonchev–Trinajstić information content (AvgIpc) is 3.26. The number of pyridine rings is 1. The van der Waals surface area contributed by atoms with Crippen molar-refractivity contribution in [1.82, 2.24) is 19.7 Å². The summed E-state index contributed by atoms with van der Waals surface area (Å²) >= 11 is 0. The van der Waals surface area contributed by atoms with Gasteiger partial charge in [0.05, 0.1) is 30.9 Å². The number of rotatable bonds is 11. The number of benzene rings is 1. The van der Waals surface area contributed by atoms with Crippen LogP contribution >= 0.6 is 0 Å². The zero-order valence-corrected chi connectivity index (χ0v) is 24.7. The number of nitrogens with two attached hydrogens (primary N) is 1. The van der Waals surface area contributed by atoms with Gasteiger partial charge in [-0.2, -0.15) is 5.10 Å². The first-order valence-corrected chi connectivity index (χ1v) is 15.0. The lowest BCUT2D eigenvalue weighted by Crippen LogP contribution is -2.40. The summed E-state index contributed by atoms with van der Waals surface area (Å²) in [6, 6.07) is 5.83. The van der Waals surface area contributed by atoms with Crippen LogP contribution in [0.25, 0.3) is 11.1 Å². The fraction of sp³-hybridized carbons (Fsp3) is 0.464. The van der Waals surface area contributed by atoms with Gasteiger partial charge in [-0.05, 0) is 60.2 Å². The predicted octanol–water partition coefficient (Wildman–Crippen LogP) is 3.27. The fourth-order valence-electron chi connectivity index (χ4n) is 4.95. The lowest BCUT2D eigenvalue weighted by atomic mass is 9.88. The number of ether oxygens (including phenoxy) is 2. The first-order chi connectivity index (χ1) is 19.7. The standard InChI is InChI=1S/C28H35F2N5O6S/c1-17(2)20-12-19(29)13-21(22(20)14-25(36)37)18-5-6-32-24(11-18)41-16-28(3,4)35-23(15-34-7-9-40-10-8-34)26(30)27(33-35)42(31,38)39/h5-6,11-13,17H,7-10,14-16H2,1-4H3,(H,36,37)(H2,31,38,39). The number of nitrogens with zero attached hydrogens (tertiary/aromatic N) is 4. The van der Waals surface area contributed by atoms with E-state index >= 15 is 4.39 Å². The Morgan fingerprint density at radius 3 is 2.52 bits per heavy atom. The SMILES string of the molecule is CC(C)c1cc(F)cc(-c2ccnc(OCC(C)(C)n3nc(S(N)(=O)=O)c(F)c3CN3CCOCC3)c2)c1CC(=O)O. The molecule has 3 heterocycles. The summed E-state index contributed by atoms with van der Waals surface area (Å²) in [5.41, 5.74) is 0.966. The van der Waals surface area contributed by atoms with Gasteiger partial charge < -0.3 is 14.6 Å². The van der Waals surface area contributed by atoms with Crippen molar-refractivity contribution in [2.45, 2.75) is 57.1 Å². The number of aromatic nitrogens is 3. The molecular weight excluding hydrogens is 572 g/mol. The molecule has 1 saturated heterocycles. The van der Waals surface area contributed by atoms with Crippen LogP contribution in [0.15, 0.2) is 35.5 Å². The van der Waals surface area contributed by atoms with Gasteiger partial charge in [-0.1, -0.05) is 13.8 Å². The number of sulfonamides is 1. The summed E-state index contributed by atoms with van der Waals surface area (Å²) in [6.45, 7) is 9.09. The van der Waals surface area contributed by atoms with Gasteiger partial charge in [0, 0.05) is 31.9 Å². The fourth-order valence-corrected chi connectivity index (χ4v) is 5.51. The maximum Gasteiger partial charge on any atom is 0.307 e. The minimum absolute atomic E-state index is 0.0375. The maximum absolute atomic E-state index is 15.4. The van der Waals surface area contributed by atoms with E-state index in [9.17, 15) is 22.7 Å². The van der Waals surface area contributed by atoms with Crippen molar-refractivity contribution in [3.05, 3.63) is 58.9 Å². The van der Waals surface area contributed by atoms with Crippen molar-refractivity contribution in [3.63, 3.8) is 0 Å². The van der Waals surface area contributed by atoms with Crippen molar-refractivity contribution in [2.24, 2.45) is 5.14 Å². The number of aliphatic carboxylic acids is 1. The minimum atomic E-state index is -4.44. The molecule has 228 valence electrons. The zero-order valence-electron chi connectivity index (χ0n) is 23.9. The summed E-state index contributed by atoms with van der Waals surface area (Å²) in [4.78, 5) is 17.8. The number of primary sulfonamides is 1. The van der Waals surface area contributed by atoms with E-state index in [1.54, 1.807) is 26.0 Å². The van der Waals surface area contributed by atoms with Gasteiger partial charge >= 0.3 is 5.97 Å². The minimum Gasteiger partial charge on any atom is -0.481 e. The quantitative estimate of drug-likeness (QED) is 0.335. The molecule has 4 rings (SSSR count). The second-order valence-electron chi connectivity index (χ2n) is 11.1. The number of morpholine rings is 1. The topological polar surface area (TPSA) is 150 Å². The van der Waals surface area contributed by atoms with E-state index in [1.165, 1.54) is 23.0 Å². The van der Waals surface area contributed by atoms with Crippen molar-refractivity contribution in [2.75, 3.05) is 32.9 Å². The Balaban J connectivity index is 1.66. The van der Waals surface area contributed by atoms with Crippen LogP contribution in [0.2, 0.25) is 0 Å². The Hall–Kier alpha value is -3.46. The van der Waals surface area contributed by atoms with Gasteiger partial charge in [0.2, 0.25) is 10.9 Å². The van der Waals surface area contributed by atoms with Crippen LogP contribution in [0.3, 0.4) is 0 Å². The van der Waals surface area contributed by atoms with Crippen LogP contribution in [-0.2, 0) is 38.1 Å². The van der Waals surface area contributed by atoms with Gasteiger partial charge in [-0.15, -0.1) is 0 Å². The second-order valence-corrected chi connectivity index (χ2v) is 12.6. The molecule has 1 aromatic carbocycles. The van der Waals surface area contributed by atoms with Crippen molar-refractivity contribution in [1.29, 1.82) is 0 Å². The Bertz CT molecular complexity index is 1570. The van der Waals surface area contributed by atoms with Crippen molar-refractivity contribution < 1.29 is 36.6 Å². The Labute approximate surface area is 243 Å². The highest BCUT2D eigenvalue weighted by molar-refractivity contribution is 7.89. The first kappa shape index (κ1) is 31.5. The van der Waals surface area contributed by atoms with E-state index in [4.69, 9.17) is 14.6 Å². The molecule has 0 spiro atoms. The van der Waals surface area contributed by atoms with Crippen LogP contribution in [0.1, 0.15) is 50.4 Å². The monoisotopic (exact) mass is 607 g/mol. The van der Waals surface area contributed by atoms with Crippen LogP contribution in [0.5, 0.6) is 5.88 Å². The predicted molar refractivity (Wildman–Crippen MR) is 150 cm³/mol. The molecule has 1 aliphatic heterocycles. The lowest BCUT2D eigenvalue weighted by Gasteiger charge is -2.30. The molecule has 0 amide bonds. The molecular formula is C28H35F2N5O6S. The van der Waals surface area contributed by atoms with Gasteiger partial charge in [-0.25, -0.2) is 27.3 Å². The van der Waals surface area contributed by atoms with Crippen LogP contribution in [0, 0.1) is 11.6 Å². The van der Waals surface area contributed by atoms with Gasteiger partial charge in [0.15, 0.2) is 5.82 Å². The van der Waals surface area contributed by atoms with Crippen LogP contribution in [0.4, 0.5) is 8.78 Å². The third-order valence-electron chi connectivity index (χ3n) is 7.03. The third kappa shape index (κ3) is 7.12. The summed E-state index contributed by atoms with van der Waals surface area (Å²) in [5.74, 6) is -2.53. The molecule has 0 atom stereocenters. The van der Waals surface area contributed by atoms with E-state index in [1.807, 2.05) is 18.7 Å². The highest BCUT2D eigenvalue weighted by atomic mass is 32.2. The number of carbonyl (C=O) groups is 1. The lowest BCUT2D eigenvalue weighted by molar-refractivity contribution is -0.136. The summed E-state index contributed by atoms with van der Waals surface area (Å²) in [7, 11) is -4.44. The van der Waals surface area contributed by atoms with Gasteiger partial charge in [0.25, 0.3) is 10.0 Å². The third-order valence-corrected chi connectivity index (χ3v) is 7.83. The van der Waals surface area contributed by atoms with Crippen LogP contribution in [-0.4, -0.2) is 72.1 Å². The Morgan fingerprint density at radius 1 is 1.21 bits per heavy atom. The molecule has 1 aliphatic rings. The number of carboxylic acid groups (broad SMARTS) is 1. The van der Waals surface area contributed by atoms with E-state index < -0.39 is 38.2 Å². The molecule has 0 unspecified atom stereocenters. The summed E-state index contributed by atoms with van der Waals surface area (Å²) in [6.07, 6.45) is 1.16. The molecule has 14 heteroatoms. The highest BCUT2D eigenvalue weighted by Gasteiger charge is 2.34. The molecule has 0 radical (unpaired) electrons. The van der Waals surface area contributed by atoms with Crippen molar-refractivity contribution in [3.8, 4) is 17.0 Å². The summed E-state index contributed by atoms with van der Waals surface area (Å²) < 4.78 is 66.8. The van der Waals surface area contributed by atoms with Gasteiger partial charge in [-0.3, -0.25) is 14.4 Å². The number of hydrogen-bond donors (Lipinski definition) is 2. The van der Waals surface area contributed by atoms with E-state index in [2.05, 4.69) is 10.1 Å². The molecule has 42 heavy (non-hydrogen) atoms. The Kier molecular flexibility index (Phi) is 9.30. The largest absolute Gasteiger partial charge is 0.481 e. The van der Waals surface area contributed by atoms with Crippen molar-refractivity contribution >= 4 is 16.0 Å². The molecule has 0 bridgehead atoms. The Morgan fingerprint density at radius 2 is 1.90 bits per heavy atom. The van der Waals surface area contributed by atoms with Crippen LogP contribution < -0.4 is 9.88 Å². The first-order valence-electron chi connectivity index (χ1n) is 13.4. The number of carboxylic acids is 1. The highest BCUT2D eigenvalue weighted by Crippen LogP contribution is 2.34. The molecule has 0 saturated carbocycles. The van der Waals surface area contributed by atoms with E-state index in [-0.39, 0.29) is 37.1 Å². The zero-order chi connectivity index (χ0) is 30.8.